The molecule has 0 aliphatic carbocycles. The Morgan fingerprint density at radius 2 is 1.10 bits per heavy atom. The normalized spacial score (nSPS) is 8.95. The Morgan fingerprint density at radius 1 is 0.952 bits per heavy atom. The lowest BCUT2D eigenvalue weighted by atomic mass is 9.90. The highest BCUT2D eigenvalue weighted by atomic mass is 16.4. The molecule has 0 fully saturated rings. The molecule has 0 aliphatic rings. The van der Waals surface area contributed by atoms with Gasteiger partial charge in [-0.3, -0.25) is 0 Å². The SMILES string of the molecule is C=CC(=O)O.CCCN.Cc1c(C)c(C)c(C)c(C)c1C. The van der Waals surface area contributed by atoms with Crippen molar-refractivity contribution in [1.82, 2.24) is 0 Å². The number of carboxylic acids is 1. The molecule has 0 amide bonds. The molecule has 0 saturated carbocycles. The number of rotatable bonds is 2. The van der Waals surface area contributed by atoms with E-state index in [2.05, 4.69) is 55.0 Å². The Labute approximate surface area is 129 Å². The van der Waals surface area contributed by atoms with E-state index in [-0.39, 0.29) is 0 Å². The molecule has 3 N–H and O–H groups in total. The van der Waals surface area contributed by atoms with Crippen molar-refractivity contribution in [2.45, 2.75) is 54.9 Å². The van der Waals surface area contributed by atoms with Crippen LogP contribution in [0.25, 0.3) is 0 Å². The number of carboxylic acid groups (broad SMARTS) is 1. The van der Waals surface area contributed by atoms with Crippen LogP contribution in [0.3, 0.4) is 0 Å². The fraction of sp³-hybridized carbons (Fsp3) is 0.500. The van der Waals surface area contributed by atoms with Crippen molar-refractivity contribution in [2.75, 3.05) is 6.54 Å². The van der Waals surface area contributed by atoms with E-state index >= 15 is 0 Å². The van der Waals surface area contributed by atoms with Crippen LogP contribution in [-0.4, -0.2) is 17.6 Å². The van der Waals surface area contributed by atoms with Crippen LogP contribution in [0.5, 0.6) is 0 Å². The summed E-state index contributed by atoms with van der Waals surface area (Å²) in [4.78, 5) is 9.25. The summed E-state index contributed by atoms with van der Waals surface area (Å²) in [6, 6.07) is 0. The molecule has 0 aromatic heterocycles. The molecule has 0 aliphatic heterocycles. The first-order valence-electron chi connectivity index (χ1n) is 7.24. The zero-order valence-electron chi connectivity index (χ0n) is 14.6. The van der Waals surface area contributed by atoms with Gasteiger partial charge >= 0.3 is 5.97 Å². The van der Waals surface area contributed by atoms with Crippen molar-refractivity contribution < 1.29 is 9.90 Å². The summed E-state index contributed by atoms with van der Waals surface area (Å²) in [5.74, 6) is -0.981. The fourth-order valence-corrected chi connectivity index (χ4v) is 1.69. The Balaban J connectivity index is 0. The second-order valence-corrected chi connectivity index (χ2v) is 5.08. The van der Waals surface area contributed by atoms with Crippen LogP contribution in [0.4, 0.5) is 0 Å². The van der Waals surface area contributed by atoms with Gasteiger partial charge in [-0.2, -0.15) is 0 Å². The van der Waals surface area contributed by atoms with E-state index in [0.717, 1.165) is 19.0 Å². The van der Waals surface area contributed by atoms with Gasteiger partial charge in [-0.1, -0.05) is 13.5 Å². The molecule has 0 saturated heterocycles. The Kier molecular flexibility index (Phi) is 11.5. The van der Waals surface area contributed by atoms with E-state index in [9.17, 15) is 4.79 Å². The minimum absolute atomic E-state index is 0.819. The zero-order valence-corrected chi connectivity index (χ0v) is 14.6. The Hall–Kier alpha value is -1.61. The predicted molar refractivity (Wildman–Crippen MR) is 92.0 cm³/mol. The molecule has 1 aromatic carbocycles. The fourth-order valence-electron chi connectivity index (χ4n) is 1.69. The minimum atomic E-state index is -0.981. The maximum absolute atomic E-state index is 9.25. The molecule has 1 aromatic rings. The summed E-state index contributed by atoms with van der Waals surface area (Å²) >= 11 is 0. The summed E-state index contributed by atoms with van der Waals surface area (Å²) in [6.45, 7) is 19.1. The van der Waals surface area contributed by atoms with E-state index < -0.39 is 5.97 Å². The van der Waals surface area contributed by atoms with Gasteiger partial charge in [0.2, 0.25) is 0 Å². The smallest absolute Gasteiger partial charge is 0.327 e. The molecule has 0 bridgehead atoms. The van der Waals surface area contributed by atoms with Crippen molar-refractivity contribution in [3.05, 3.63) is 46.0 Å². The number of nitrogens with two attached hydrogens (primary N) is 1. The lowest BCUT2D eigenvalue weighted by Gasteiger charge is -2.15. The summed E-state index contributed by atoms with van der Waals surface area (Å²) in [6.07, 6.45) is 1.93. The highest BCUT2D eigenvalue weighted by molar-refractivity contribution is 5.78. The van der Waals surface area contributed by atoms with Crippen LogP contribution in [0, 0.1) is 41.5 Å². The molecule has 21 heavy (non-hydrogen) atoms. The third-order valence-corrected chi connectivity index (χ3v) is 3.84. The number of carbonyl (C=O) groups is 1. The molecular weight excluding hydrogens is 262 g/mol. The van der Waals surface area contributed by atoms with Gasteiger partial charge in [0, 0.05) is 6.08 Å². The maximum Gasteiger partial charge on any atom is 0.327 e. The lowest BCUT2D eigenvalue weighted by molar-refractivity contribution is -0.131. The summed E-state index contributed by atoms with van der Waals surface area (Å²) in [7, 11) is 0. The maximum atomic E-state index is 9.25. The predicted octanol–water partition coefficient (Wildman–Crippen LogP) is 4.15. The molecule has 0 atom stereocenters. The van der Waals surface area contributed by atoms with Crippen LogP contribution < -0.4 is 5.73 Å². The van der Waals surface area contributed by atoms with Crippen LogP contribution in [-0.2, 0) is 4.79 Å². The molecule has 120 valence electrons. The lowest BCUT2D eigenvalue weighted by Crippen LogP contribution is -1.98. The molecule has 3 heteroatoms. The Bertz CT molecular complexity index is 370. The van der Waals surface area contributed by atoms with E-state index in [1.54, 1.807) is 0 Å². The Morgan fingerprint density at radius 3 is 1.14 bits per heavy atom. The third kappa shape index (κ3) is 7.66. The second-order valence-electron chi connectivity index (χ2n) is 5.08. The summed E-state index contributed by atoms with van der Waals surface area (Å²) in [5, 5.41) is 7.60. The third-order valence-electron chi connectivity index (χ3n) is 3.84. The molecular formula is C18H31NO2. The van der Waals surface area contributed by atoms with E-state index in [4.69, 9.17) is 10.8 Å². The number of benzene rings is 1. The van der Waals surface area contributed by atoms with Crippen molar-refractivity contribution in [3.8, 4) is 0 Å². The van der Waals surface area contributed by atoms with E-state index in [1.165, 1.54) is 33.4 Å². The van der Waals surface area contributed by atoms with Gasteiger partial charge in [-0.15, -0.1) is 0 Å². The number of hydrogen-bond donors (Lipinski definition) is 2. The molecule has 3 nitrogen and oxygen atoms in total. The van der Waals surface area contributed by atoms with E-state index in [1.807, 2.05) is 0 Å². The van der Waals surface area contributed by atoms with Crippen molar-refractivity contribution in [2.24, 2.45) is 5.73 Å². The summed E-state index contributed by atoms with van der Waals surface area (Å²) in [5.41, 5.74) is 13.8. The van der Waals surface area contributed by atoms with Gasteiger partial charge in [0.25, 0.3) is 0 Å². The highest BCUT2D eigenvalue weighted by Crippen LogP contribution is 2.24. The van der Waals surface area contributed by atoms with Crippen molar-refractivity contribution in [3.63, 3.8) is 0 Å². The van der Waals surface area contributed by atoms with Gasteiger partial charge < -0.3 is 10.8 Å². The number of aliphatic carboxylic acids is 1. The molecule has 1 rings (SSSR count). The molecule has 0 unspecified atom stereocenters. The summed E-state index contributed by atoms with van der Waals surface area (Å²) < 4.78 is 0. The minimum Gasteiger partial charge on any atom is -0.478 e. The van der Waals surface area contributed by atoms with Crippen LogP contribution in [0.1, 0.15) is 46.7 Å². The monoisotopic (exact) mass is 293 g/mol. The van der Waals surface area contributed by atoms with Crippen molar-refractivity contribution in [1.29, 1.82) is 0 Å². The van der Waals surface area contributed by atoms with Gasteiger partial charge in [-0.05, 0) is 87.9 Å². The second kappa shape index (κ2) is 11.1. The quantitative estimate of drug-likeness (QED) is 0.805. The largest absolute Gasteiger partial charge is 0.478 e. The van der Waals surface area contributed by atoms with Crippen LogP contribution in [0.15, 0.2) is 12.7 Å². The van der Waals surface area contributed by atoms with Gasteiger partial charge in [0.05, 0.1) is 0 Å². The van der Waals surface area contributed by atoms with E-state index in [0.29, 0.717) is 0 Å². The average Bonchev–Trinajstić information content (AvgIpc) is 2.49. The topological polar surface area (TPSA) is 63.3 Å². The average molecular weight is 293 g/mol. The zero-order chi connectivity index (χ0) is 17.2. The highest BCUT2D eigenvalue weighted by Gasteiger charge is 2.07. The standard InChI is InChI=1S/C12H18.C3H9N.C3H4O2/c1-7-8(2)10(4)12(6)11(5)9(7)3;1-2-3-4;1-2-3(4)5/h1-6H3;2-4H2,1H3;2H,1H2,(H,4,5). The molecule has 0 heterocycles. The van der Waals surface area contributed by atoms with Crippen LogP contribution >= 0.6 is 0 Å². The first kappa shape index (κ1) is 21.7. The molecule has 0 radical (unpaired) electrons. The van der Waals surface area contributed by atoms with Gasteiger partial charge in [-0.25, -0.2) is 4.79 Å². The first-order chi connectivity index (χ1) is 9.65. The van der Waals surface area contributed by atoms with Gasteiger partial charge in [0.1, 0.15) is 0 Å². The first-order valence-corrected chi connectivity index (χ1v) is 7.24. The van der Waals surface area contributed by atoms with Crippen LogP contribution in [0.2, 0.25) is 0 Å². The number of hydrogen-bond acceptors (Lipinski definition) is 2. The van der Waals surface area contributed by atoms with Crippen molar-refractivity contribution >= 4 is 5.97 Å². The molecule has 0 spiro atoms. The van der Waals surface area contributed by atoms with Gasteiger partial charge in [0.15, 0.2) is 0 Å².